The van der Waals surface area contributed by atoms with Gasteiger partial charge in [-0.1, -0.05) is 0 Å². The Hall–Kier alpha value is -1.27. The molecule has 0 saturated carbocycles. The molecule has 0 aliphatic carbocycles. The highest BCUT2D eigenvalue weighted by atomic mass is 32.2. The molecule has 0 saturated heterocycles. The van der Waals surface area contributed by atoms with Crippen molar-refractivity contribution >= 4 is 26.9 Å². The fourth-order valence-electron chi connectivity index (χ4n) is 2.14. The number of hydrogen-bond donors (Lipinski definition) is 2. The lowest BCUT2D eigenvalue weighted by molar-refractivity contribution is -0.385. The predicted molar refractivity (Wildman–Crippen MR) is 103 cm³/mol. The second-order valence-corrected chi connectivity index (χ2v) is 12.6. The highest BCUT2D eigenvalue weighted by Gasteiger charge is 2.45. The van der Waals surface area contributed by atoms with Crippen molar-refractivity contribution in [1.29, 1.82) is 0 Å². The summed E-state index contributed by atoms with van der Waals surface area (Å²) in [7, 11) is -4.00. The molecule has 8 nitrogen and oxygen atoms in total. The molecule has 0 bridgehead atoms. The molecule has 154 valence electrons. The van der Waals surface area contributed by atoms with Crippen molar-refractivity contribution in [2.45, 2.75) is 56.7 Å². The third-order valence-electron chi connectivity index (χ3n) is 3.91. The van der Waals surface area contributed by atoms with Gasteiger partial charge in [-0.2, -0.15) is 0 Å². The first kappa shape index (κ1) is 23.8. The summed E-state index contributed by atoms with van der Waals surface area (Å²) in [4.78, 5) is 8.72. The molecule has 3 N–H and O–H groups in total. The maximum absolute atomic E-state index is 14.6. The van der Waals surface area contributed by atoms with Gasteiger partial charge in [0.25, 0.3) is 5.69 Å². The molecular formula is C16H26FN3O5S2. The highest BCUT2D eigenvalue weighted by molar-refractivity contribution is 7.93. The molecule has 11 heteroatoms. The molecule has 0 aromatic heterocycles. The number of rotatable bonds is 7. The van der Waals surface area contributed by atoms with Crippen molar-refractivity contribution in [3.05, 3.63) is 39.7 Å². The quantitative estimate of drug-likeness (QED) is 0.389. The molecule has 0 spiro atoms. The summed E-state index contributed by atoms with van der Waals surface area (Å²) in [5.41, 5.74) is 3.33. The molecule has 0 heterocycles. The molecule has 1 rings (SSSR count). The van der Waals surface area contributed by atoms with Gasteiger partial charge in [0, 0.05) is 29.1 Å². The van der Waals surface area contributed by atoms with Gasteiger partial charge in [0.05, 0.1) is 10.7 Å². The van der Waals surface area contributed by atoms with Crippen LogP contribution in [0.4, 0.5) is 10.1 Å². The van der Waals surface area contributed by atoms with E-state index < -0.39 is 58.5 Å². The molecular weight excluding hydrogens is 397 g/mol. The minimum absolute atomic E-state index is 0.276. The topological polar surface area (TPSA) is 138 Å². The summed E-state index contributed by atoms with van der Waals surface area (Å²) in [5.74, 6) is -1.56. The maximum Gasteiger partial charge on any atom is 0.269 e. The van der Waals surface area contributed by atoms with Crippen LogP contribution in [0.3, 0.4) is 0 Å². The minimum atomic E-state index is -4.00. The van der Waals surface area contributed by atoms with Crippen molar-refractivity contribution in [3.8, 4) is 0 Å². The van der Waals surface area contributed by atoms with E-state index in [1.54, 1.807) is 20.8 Å². The zero-order valence-corrected chi connectivity index (χ0v) is 17.8. The Morgan fingerprint density at radius 2 is 1.74 bits per heavy atom. The minimum Gasteiger partial charge on any atom is -0.598 e. The van der Waals surface area contributed by atoms with Crippen LogP contribution in [0, 0.1) is 15.9 Å². The number of benzene rings is 1. The predicted octanol–water partition coefficient (Wildman–Crippen LogP) is 2.11. The number of non-ortho nitro benzene ring substituents is 1. The normalized spacial score (nSPS) is 16.6. The summed E-state index contributed by atoms with van der Waals surface area (Å²) in [6.45, 7) is 8.87. The van der Waals surface area contributed by atoms with Crippen LogP contribution < -0.4 is 10.5 Å². The number of nitrogens with one attached hydrogen (secondary N) is 1. The summed E-state index contributed by atoms with van der Waals surface area (Å²) in [5, 5.41) is 11.1. The molecule has 0 amide bonds. The number of halogens is 1. The monoisotopic (exact) mass is 423 g/mol. The van der Waals surface area contributed by atoms with Crippen LogP contribution in [0.1, 0.15) is 47.1 Å². The number of nitro groups is 1. The van der Waals surface area contributed by atoms with Gasteiger partial charge in [-0.3, -0.25) is 10.1 Å². The number of nitrogens with two attached hydrogens (primary N) is 1. The molecule has 27 heavy (non-hydrogen) atoms. The fraction of sp³-hybridized carbons (Fsp3) is 0.625. The highest BCUT2D eigenvalue weighted by Crippen LogP contribution is 2.33. The molecule has 1 aromatic carbocycles. The molecule has 0 fully saturated rings. The van der Waals surface area contributed by atoms with E-state index in [1.807, 2.05) is 0 Å². The van der Waals surface area contributed by atoms with Crippen molar-refractivity contribution in [1.82, 2.24) is 4.72 Å². The van der Waals surface area contributed by atoms with Gasteiger partial charge in [-0.15, -0.1) is 4.72 Å². The third-order valence-corrected chi connectivity index (χ3v) is 8.22. The summed E-state index contributed by atoms with van der Waals surface area (Å²) < 4.78 is 54.4. The van der Waals surface area contributed by atoms with Crippen LogP contribution in [-0.2, 0) is 26.7 Å². The summed E-state index contributed by atoms with van der Waals surface area (Å²) >= 11 is -1.79. The van der Waals surface area contributed by atoms with E-state index in [2.05, 4.69) is 4.72 Å². The number of nitro benzene ring substituents is 1. The lowest BCUT2D eigenvalue weighted by atomic mass is 9.94. The van der Waals surface area contributed by atoms with Gasteiger partial charge in [0.1, 0.15) is 21.0 Å². The first-order chi connectivity index (χ1) is 11.9. The first-order valence-corrected chi connectivity index (χ1v) is 10.9. The number of nitrogens with zero attached hydrogens (tertiary/aromatic N) is 1. The second kappa shape index (κ2) is 7.63. The van der Waals surface area contributed by atoms with E-state index in [9.17, 15) is 27.5 Å². The van der Waals surface area contributed by atoms with Gasteiger partial charge in [-0.05, 0) is 47.6 Å². The van der Waals surface area contributed by atoms with Crippen LogP contribution in [0.25, 0.3) is 0 Å². The third kappa shape index (κ3) is 5.61. The summed E-state index contributed by atoms with van der Waals surface area (Å²) in [6, 6.07) is 2.80. The van der Waals surface area contributed by atoms with E-state index in [-0.39, 0.29) is 5.56 Å². The fourth-order valence-corrected chi connectivity index (χ4v) is 4.48. The Morgan fingerprint density at radius 3 is 2.15 bits per heavy atom. The molecule has 0 aliphatic heterocycles. The first-order valence-electron chi connectivity index (χ1n) is 8.06. The van der Waals surface area contributed by atoms with E-state index in [0.29, 0.717) is 0 Å². The van der Waals surface area contributed by atoms with E-state index in [0.717, 1.165) is 18.2 Å². The number of sulfone groups is 1. The lowest BCUT2D eigenvalue weighted by Gasteiger charge is -2.36. The lowest BCUT2D eigenvalue weighted by Crippen LogP contribution is -2.56. The van der Waals surface area contributed by atoms with Gasteiger partial charge >= 0.3 is 0 Å². The Labute approximate surface area is 162 Å². The average molecular weight is 424 g/mol. The standard InChI is InChI=1S/C16H26FN3O5S2/c1-14(2,3)26(23)19-16(6,10-27(24,25)15(4,5)18)12-9-11(20(21)22)7-8-13(12)17/h7-9,19H,10,18H2,1-6H3/t16-,26?/m0/s1. The van der Waals surface area contributed by atoms with Gasteiger partial charge < -0.3 is 10.3 Å². The van der Waals surface area contributed by atoms with Crippen LogP contribution in [0.2, 0.25) is 0 Å². The Balaban J connectivity index is 3.60. The Morgan fingerprint density at radius 1 is 1.22 bits per heavy atom. The zero-order valence-electron chi connectivity index (χ0n) is 16.2. The molecule has 2 atom stereocenters. The van der Waals surface area contributed by atoms with Crippen molar-refractivity contribution < 1.29 is 22.3 Å². The van der Waals surface area contributed by atoms with Gasteiger partial charge in [0.15, 0.2) is 9.84 Å². The van der Waals surface area contributed by atoms with Crippen LogP contribution in [0.15, 0.2) is 18.2 Å². The molecule has 0 radical (unpaired) electrons. The SMILES string of the molecule is CC(C)(C)[S+]([O-])N[C@@](C)(CS(=O)(=O)C(C)(C)N)c1cc([N+](=O)[O-])ccc1F. The van der Waals surface area contributed by atoms with Crippen LogP contribution in [-0.4, -0.2) is 33.3 Å². The van der Waals surface area contributed by atoms with E-state index in [1.165, 1.54) is 20.8 Å². The van der Waals surface area contributed by atoms with Crippen molar-refractivity contribution in [3.63, 3.8) is 0 Å². The van der Waals surface area contributed by atoms with Crippen LogP contribution in [0.5, 0.6) is 0 Å². The molecule has 1 unspecified atom stereocenters. The Kier molecular flexibility index (Phi) is 6.71. The molecule has 1 aromatic rings. The van der Waals surface area contributed by atoms with Gasteiger partial charge in [0.2, 0.25) is 0 Å². The second-order valence-electron chi connectivity index (χ2n) is 8.10. The van der Waals surface area contributed by atoms with E-state index >= 15 is 0 Å². The summed E-state index contributed by atoms with van der Waals surface area (Å²) in [6.07, 6.45) is 0. The van der Waals surface area contributed by atoms with Gasteiger partial charge in [-0.25, -0.2) is 12.8 Å². The smallest absolute Gasteiger partial charge is 0.269 e. The zero-order chi connectivity index (χ0) is 21.4. The average Bonchev–Trinajstić information content (AvgIpc) is 2.44. The van der Waals surface area contributed by atoms with Crippen molar-refractivity contribution in [2.75, 3.05) is 5.75 Å². The molecule has 0 aliphatic rings. The van der Waals surface area contributed by atoms with Crippen LogP contribution >= 0.6 is 0 Å². The van der Waals surface area contributed by atoms with E-state index in [4.69, 9.17) is 5.73 Å². The Bertz CT molecular complexity index is 818. The number of hydrogen-bond acceptors (Lipinski definition) is 7. The van der Waals surface area contributed by atoms with Crippen molar-refractivity contribution in [2.24, 2.45) is 5.73 Å². The maximum atomic E-state index is 14.6. The largest absolute Gasteiger partial charge is 0.598 e.